The van der Waals surface area contributed by atoms with E-state index < -0.39 is 10.4 Å². The first kappa shape index (κ1) is 20.8. The van der Waals surface area contributed by atoms with Gasteiger partial charge in [-0.2, -0.15) is 0 Å². The Hall–Kier alpha value is 0.453. The molecule has 0 saturated carbocycles. The van der Waals surface area contributed by atoms with E-state index in [2.05, 4.69) is 6.92 Å². The van der Waals surface area contributed by atoms with Crippen LogP contribution in [0.25, 0.3) is 0 Å². The molecule has 15 heavy (non-hydrogen) atoms. The van der Waals surface area contributed by atoms with Crippen molar-refractivity contribution in [2.24, 2.45) is 0 Å². The SMILES string of the molecule is CCCCCCCCO.O=S(=O)([O-])[O-].[Zn+2]. The van der Waals surface area contributed by atoms with Crippen molar-refractivity contribution in [3.8, 4) is 0 Å². The van der Waals surface area contributed by atoms with Crippen molar-refractivity contribution in [2.45, 2.75) is 45.4 Å². The number of unbranched alkanes of at least 4 members (excludes halogenated alkanes) is 5. The Morgan fingerprint density at radius 1 is 1.00 bits per heavy atom. The van der Waals surface area contributed by atoms with Gasteiger partial charge in [0.15, 0.2) is 0 Å². The van der Waals surface area contributed by atoms with E-state index in [9.17, 15) is 0 Å². The number of hydrogen-bond acceptors (Lipinski definition) is 5. The molecule has 0 atom stereocenters. The summed E-state index contributed by atoms with van der Waals surface area (Å²) < 4.78 is 34.1. The number of aliphatic hydroxyl groups is 1. The fraction of sp³-hybridized carbons (Fsp3) is 1.00. The van der Waals surface area contributed by atoms with Gasteiger partial charge in [-0.3, -0.25) is 8.42 Å². The Morgan fingerprint density at radius 3 is 1.67 bits per heavy atom. The van der Waals surface area contributed by atoms with Gasteiger partial charge in [0, 0.05) is 17.0 Å². The third kappa shape index (κ3) is 53.8. The van der Waals surface area contributed by atoms with Crippen LogP contribution in [0.3, 0.4) is 0 Å². The molecule has 0 aromatic rings. The van der Waals surface area contributed by atoms with Crippen molar-refractivity contribution < 1.29 is 42.1 Å². The monoisotopic (exact) mass is 290 g/mol. The minimum atomic E-state index is -5.17. The molecule has 0 aliphatic rings. The molecule has 0 saturated heterocycles. The summed E-state index contributed by atoms with van der Waals surface area (Å²) in [4.78, 5) is 0. The molecular weight excluding hydrogens is 274 g/mol. The minimum Gasteiger partial charge on any atom is -0.759 e. The second-order valence-corrected chi connectivity index (χ2v) is 3.72. The van der Waals surface area contributed by atoms with Crippen molar-refractivity contribution in [2.75, 3.05) is 6.61 Å². The molecule has 0 heterocycles. The summed E-state index contributed by atoms with van der Waals surface area (Å²) in [6, 6.07) is 0. The second kappa shape index (κ2) is 14.5. The van der Waals surface area contributed by atoms with E-state index in [1.54, 1.807) is 0 Å². The van der Waals surface area contributed by atoms with Gasteiger partial charge in [0.1, 0.15) is 0 Å². The zero-order chi connectivity index (χ0) is 11.4. The molecule has 0 rings (SSSR count). The van der Waals surface area contributed by atoms with Gasteiger partial charge in [-0.1, -0.05) is 39.0 Å². The van der Waals surface area contributed by atoms with Crippen LogP contribution in [0.2, 0.25) is 0 Å². The van der Waals surface area contributed by atoms with Crippen molar-refractivity contribution in [3.63, 3.8) is 0 Å². The van der Waals surface area contributed by atoms with E-state index in [-0.39, 0.29) is 19.5 Å². The molecule has 1 N–H and O–H groups in total. The summed E-state index contributed by atoms with van der Waals surface area (Å²) >= 11 is 0. The predicted molar refractivity (Wildman–Crippen MR) is 50.9 cm³/mol. The zero-order valence-corrected chi connectivity index (χ0v) is 12.9. The Bertz CT molecular complexity index is 179. The number of rotatable bonds is 6. The Morgan fingerprint density at radius 2 is 1.33 bits per heavy atom. The molecular formula is C8H18O5SZn. The van der Waals surface area contributed by atoms with Crippen LogP contribution in [-0.2, 0) is 29.9 Å². The first-order valence-corrected chi connectivity index (χ1v) is 6.02. The maximum Gasteiger partial charge on any atom is 2.00 e. The Kier molecular flexibility index (Phi) is 20.1. The first-order chi connectivity index (χ1) is 6.41. The molecule has 0 aliphatic heterocycles. The van der Waals surface area contributed by atoms with E-state index >= 15 is 0 Å². The summed E-state index contributed by atoms with van der Waals surface area (Å²) in [5.41, 5.74) is 0. The number of aliphatic hydroxyl groups excluding tert-OH is 1. The van der Waals surface area contributed by atoms with E-state index in [0.717, 1.165) is 6.42 Å². The molecule has 0 unspecified atom stereocenters. The molecule has 0 amide bonds. The van der Waals surface area contributed by atoms with Gasteiger partial charge in [-0.25, -0.2) is 0 Å². The molecule has 5 nitrogen and oxygen atoms in total. The largest absolute Gasteiger partial charge is 2.00 e. The molecule has 88 valence electrons. The van der Waals surface area contributed by atoms with Crippen LogP contribution in [0, 0.1) is 0 Å². The Labute approximate surface area is 105 Å². The van der Waals surface area contributed by atoms with Crippen molar-refractivity contribution >= 4 is 10.4 Å². The maximum atomic E-state index is 8.52. The van der Waals surface area contributed by atoms with Crippen LogP contribution in [0.15, 0.2) is 0 Å². The number of hydrogen-bond donors (Lipinski definition) is 1. The van der Waals surface area contributed by atoms with Gasteiger partial charge in [0.05, 0.1) is 0 Å². The summed E-state index contributed by atoms with van der Waals surface area (Å²) in [7, 11) is -5.17. The average Bonchev–Trinajstić information content (AvgIpc) is 2.01. The van der Waals surface area contributed by atoms with Crippen molar-refractivity contribution in [1.29, 1.82) is 0 Å². The van der Waals surface area contributed by atoms with Crippen LogP contribution in [-0.4, -0.2) is 29.2 Å². The third-order valence-corrected chi connectivity index (χ3v) is 1.51. The maximum absolute atomic E-state index is 8.52. The van der Waals surface area contributed by atoms with E-state index in [0.29, 0.717) is 6.61 Å². The molecule has 0 aliphatic carbocycles. The van der Waals surface area contributed by atoms with Crippen molar-refractivity contribution in [3.05, 3.63) is 0 Å². The summed E-state index contributed by atoms with van der Waals surface area (Å²) in [6.45, 7) is 2.58. The minimum absolute atomic E-state index is 0. The zero-order valence-electron chi connectivity index (χ0n) is 9.15. The summed E-state index contributed by atoms with van der Waals surface area (Å²) in [6.07, 6.45) is 7.50. The molecule has 0 bridgehead atoms. The van der Waals surface area contributed by atoms with E-state index in [1.807, 2.05) is 0 Å². The third-order valence-electron chi connectivity index (χ3n) is 1.51. The summed E-state index contributed by atoms with van der Waals surface area (Å²) in [5, 5.41) is 8.42. The van der Waals surface area contributed by atoms with Crippen LogP contribution in [0.5, 0.6) is 0 Å². The normalized spacial score (nSPS) is 9.87. The first-order valence-electron chi connectivity index (χ1n) is 4.69. The van der Waals surface area contributed by atoms with Crippen LogP contribution >= 0.6 is 0 Å². The van der Waals surface area contributed by atoms with Crippen LogP contribution in [0.1, 0.15) is 45.4 Å². The van der Waals surface area contributed by atoms with Crippen LogP contribution < -0.4 is 0 Å². The van der Waals surface area contributed by atoms with Gasteiger partial charge in [0.2, 0.25) is 0 Å². The van der Waals surface area contributed by atoms with Crippen molar-refractivity contribution in [1.82, 2.24) is 0 Å². The molecule has 0 aromatic carbocycles. The standard InChI is InChI=1S/C8H18O.H2O4S.Zn/c1-2-3-4-5-6-7-8-9;1-5(2,3)4;/h9H,2-8H2,1H3;(H2,1,2,3,4);/q;;+2/p-2. The van der Waals surface area contributed by atoms with Gasteiger partial charge in [-0.15, -0.1) is 0 Å². The summed E-state index contributed by atoms with van der Waals surface area (Å²) in [5.74, 6) is 0. The quantitative estimate of drug-likeness (QED) is 0.340. The average molecular weight is 292 g/mol. The molecule has 0 spiro atoms. The fourth-order valence-corrected chi connectivity index (χ4v) is 0.892. The van der Waals surface area contributed by atoms with Gasteiger partial charge < -0.3 is 14.2 Å². The Balaban J connectivity index is -0.000000208. The van der Waals surface area contributed by atoms with Gasteiger partial charge in [-0.05, 0) is 6.42 Å². The van der Waals surface area contributed by atoms with Crippen LogP contribution in [0.4, 0.5) is 0 Å². The smallest absolute Gasteiger partial charge is 0.759 e. The predicted octanol–water partition coefficient (Wildman–Crippen LogP) is 0.999. The second-order valence-electron chi connectivity index (χ2n) is 2.90. The molecule has 0 fully saturated rings. The fourth-order valence-electron chi connectivity index (χ4n) is 0.892. The molecule has 0 aromatic heterocycles. The van der Waals surface area contributed by atoms with E-state index in [4.69, 9.17) is 22.6 Å². The van der Waals surface area contributed by atoms with E-state index in [1.165, 1.54) is 32.1 Å². The van der Waals surface area contributed by atoms with Gasteiger partial charge in [0.25, 0.3) is 0 Å². The molecule has 7 heteroatoms. The van der Waals surface area contributed by atoms with Gasteiger partial charge >= 0.3 is 19.5 Å². The molecule has 0 radical (unpaired) electrons. The topological polar surface area (TPSA) is 100 Å².